The van der Waals surface area contributed by atoms with Gasteiger partial charge in [0, 0.05) is 18.5 Å². The molecule has 1 saturated heterocycles. The van der Waals surface area contributed by atoms with Crippen LogP contribution in [0.2, 0.25) is 0 Å². The number of halogens is 2. The van der Waals surface area contributed by atoms with Crippen LogP contribution in [-0.4, -0.2) is 22.9 Å². The van der Waals surface area contributed by atoms with Crippen LogP contribution in [0.1, 0.15) is 31.7 Å². The highest BCUT2D eigenvalue weighted by Crippen LogP contribution is 2.67. The van der Waals surface area contributed by atoms with E-state index in [9.17, 15) is 8.78 Å². The molecule has 2 saturated carbocycles. The fourth-order valence-corrected chi connectivity index (χ4v) is 4.42. The summed E-state index contributed by atoms with van der Waals surface area (Å²) in [5.74, 6) is -0.509. The van der Waals surface area contributed by atoms with Crippen molar-refractivity contribution in [1.82, 2.24) is 4.90 Å². The zero-order valence-electron chi connectivity index (χ0n) is 11.9. The number of alkyl halides is 2. The van der Waals surface area contributed by atoms with E-state index in [-0.39, 0.29) is 18.5 Å². The van der Waals surface area contributed by atoms with Crippen LogP contribution in [0.4, 0.5) is 8.78 Å². The van der Waals surface area contributed by atoms with Gasteiger partial charge in [-0.2, -0.15) is 0 Å². The van der Waals surface area contributed by atoms with Gasteiger partial charge in [-0.1, -0.05) is 37.3 Å². The minimum atomic E-state index is -2.50. The Balaban J connectivity index is 1.55. The lowest BCUT2D eigenvalue weighted by molar-refractivity contribution is 0.0112. The summed E-state index contributed by atoms with van der Waals surface area (Å²) in [6.45, 7) is 2.87. The summed E-state index contributed by atoms with van der Waals surface area (Å²) in [5, 5.41) is 0. The van der Waals surface area contributed by atoms with Gasteiger partial charge in [-0.05, 0) is 36.2 Å². The number of likely N-dealkylation sites (tertiary alicyclic amines) is 1. The van der Waals surface area contributed by atoms with Crippen molar-refractivity contribution in [2.75, 3.05) is 6.54 Å². The molecule has 4 rings (SSSR count). The van der Waals surface area contributed by atoms with E-state index in [1.165, 1.54) is 6.42 Å². The lowest BCUT2D eigenvalue weighted by atomic mass is 10.0. The van der Waals surface area contributed by atoms with Crippen molar-refractivity contribution < 1.29 is 8.78 Å². The molecule has 3 heteroatoms. The summed E-state index contributed by atoms with van der Waals surface area (Å²) in [7, 11) is 0. The Labute approximate surface area is 119 Å². The second kappa shape index (κ2) is 4.03. The predicted octanol–water partition coefficient (Wildman–Crippen LogP) is 3.94. The van der Waals surface area contributed by atoms with Crippen LogP contribution < -0.4 is 0 Å². The van der Waals surface area contributed by atoms with Gasteiger partial charge in [0.1, 0.15) is 0 Å². The molecule has 0 amide bonds. The summed E-state index contributed by atoms with van der Waals surface area (Å²) < 4.78 is 27.9. The van der Waals surface area contributed by atoms with E-state index in [2.05, 4.69) is 11.8 Å². The molecule has 3 unspecified atom stereocenters. The van der Waals surface area contributed by atoms with Crippen LogP contribution in [0.15, 0.2) is 30.3 Å². The molecule has 0 aromatic heterocycles. The zero-order valence-corrected chi connectivity index (χ0v) is 11.9. The van der Waals surface area contributed by atoms with E-state index in [4.69, 9.17) is 0 Å². The van der Waals surface area contributed by atoms with Gasteiger partial charge in [0.25, 0.3) is 5.92 Å². The van der Waals surface area contributed by atoms with E-state index >= 15 is 0 Å². The first-order valence-corrected chi connectivity index (χ1v) is 7.67. The molecule has 0 bridgehead atoms. The lowest BCUT2D eigenvalue weighted by Crippen LogP contribution is -2.33. The molecule has 1 aromatic rings. The summed E-state index contributed by atoms with van der Waals surface area (Å²) in [4.78, 5) is 2.08. The van der Waals surface area contributed by atoms with Gasteiger partial charge in [-0.15, -0.1) is 0 Å². The van der Waals surface area contributed by atoms with Crippen LogP contribution in [0.25, 0.3) is 0 Å². The summed E-state index contributed by atoms with van der Waals surface area (Å²) in [6.07, 6.45) is 2.32. The fraction of sp³-hybridized carbons (Fsp3) is 0.647. The highest BCUT2D eigenvalue weighted by atomic mass is 19.3. The van der Waals surface area contributed by atoms with Crippen molar-refractivity contribution in [1.29, 1.82) is 0 Å². The lowest BCUT2D eigenvalue weighted by Gasteiger charge is -2.25. The number of benzene rings is 1. The predicted molar refractivity (Wildman–Crippen MR) is 74.5 cm³/mol. The normalized spacial score (nSPS) is 42.0. The van der Waals surface area contributed by atoms with Gasteiger partial charge in [0.2, 0.25) is 0 Å². The molecule has 0 radical (unpaired) electrons. The molecular weight excluding hydrogens is 256 g/mol. The summed E-state index contributed by atoms with van der Waals surface area (Å²) in [5.41, 5.74) is 0.966. The first-order chi connectivity index (χ1) is 9.50. The second-order valence-corrected chi connectivity index (χ2v) is 7.17. The Morgan fingerprint density at radius 2 is 1.95 bits per heavy atom. The van der Waals surface area contributed by atoms with Crippen molar-refractivity contribution in [2.45, 2.75) is 44.2 Å². The monoisotopic (exact) mass is 277 g/mol. The first-order valence-electron chi connectivity index (χ1n) is 7.67. The molecule has 1 spiro atoms. The minimum absolute atomic E-state index is 0.0561. The molecule has 1 aromatic carbocycles. The van der Waals surface area contributed by atoms with E-state index in [0.717, 1.165) is 17.9 Å². The average molecular weight is 277 g/mol. The van der Waals surface area contributed by atoms with Crippen LogP contribution in [0.3, 0.4) is 0 Å². The largest absolute Gasteiger partial charge is 0.287 e. The molecule has 1 aliphatic heterocycles. The Hall–Kier alpha value is -0.960. The molecule has 3 fully saturated rings. The molecular formula is C17H21F2N. The van der Waals surface area contributed by atoms with Gasteiger partial charge in [-0.25, -0.2) is 8.78 Å². The van der Waals surface area contributed by atoms with Crippen molar-refractivity contribution in [3.05, 3.63) is 35.9 Å². The van der Waals surface area contributed by atoms with Gasteiger partial charge < -0.3 is 0 Å². The van der Waals surface area contributed by atoms with Gasteiger partial charge >= 0.3 is 0 Å². The van der Waals surface area contributed by atoms with Crippen molar-refractivity contribution in [2.24, 2.45) is 17.8 Å². The van der Waals surface area contributed by atoms with Gasteiger partial charge in [-0.3, -0.25) is 4.90 Å². The summed E-state index contributed by atoms with van der Waals surface area (Å²) in [6, 6.07) is 10.0. The third-order valence-electron chi connectivity index (χ3n) is 5.62. The van der Waals surface area contributed by atoms with Gasteiger partial charge in [0.15, 0.2) is 0 Å². The number of nitrogens with zero attached hydrogens (tertiary/aromatic N) is 1. The SMILES string of the molecule is CC1C[C@H]1C1CC12CC(F)(F)CN2Cc1ccccc1. The van der Waals surface area contributed by atoms with Crippen LogP contribution in [0.5, 0.6) is 0 Å². The Kier molecular flexibility index (Phi) is 2.57. The maximum atomic E-state index is 13.9. The fourth-order valence-electron chi connectivity index (χ4n) is 4.42. The third-order valence-corrected chi connectivity index (χ3v) is 5.62. The number of hydrogen-bond donors (Lipinski definition) is 0. The Morgan fingerprint density at radius 3 is 2.60 bits per heavy atom. The molecule has 1 nitrogen and oxygen atoms in total. The standard InChI is InChI=1S/C17H21F2N/c1-12-7-14(12)15-8-16(15)10-17(18,19)11-20(16)9-13-5-3-2-4-6-13/h2-6,12,14-15H,7-11H2,1H3/t12?,14-,15?,16?/m1/s1. The smallest absolute Gasteiger partial charge is 0.262 e. The van der Waals surface area contributed by atoms with Crippen LogP contribution in [-0.2, 0) is 6.54 Å². The third kappa shape index (κ3) is 1.98. The quantitative estimate of drug-likeness (QED) is 0.809. The Bertz CT molecular complexity index is 515. The van der Waals surface area contributed by atoms with E-state index < -0.39 is 5.92 Å². The highest BCUT2D eigenvalue weighted by molar-refractivity contribution is 5.24. The van der Waals surface area contributed by atoms with Crippen LogP contribution in [0, 0.1) is 17.8 Å². The first kappa shape index (κ1) is 12.8. The van der Waals surface area contributed by atoms with Crippen molar-refractivity contribution >= 4 is 0 Å². The molecule has 20 heavy (non-hydrogen) atoms. The molecule has 0 N–H and O–H groups in total. The van der Waals surface area contributed by atoms with E-state index in [0.29, 0.717) is 18.4 Å². The van der Waals surface area contributed by atoms with E-state index in [1.54, 1.807) is 0 Å². The van der Waals surface area contributed by atoms with Crippen molar-refractivity contribution in [3.63, 3.8) is 0 Å². The molecule has 1 heterocycles. The second-order valence-electron chi connectivity index (χ2n) is 7.17. The zero-order chi connectivity index (χ0) is 14.0. The summed E-state index contributed by atoms with van der Waals surface area (Å²) >= 11 is 0. The molecule has 108 valence electrons. The van der Waals surface area contributed by atoms with Crippen molar-refractivity contribution in [3.8, 4) is 0 Å². The Morgan fingerprint density at radius 1 is 1.25 bits per heavy atom. The maximum absolute atomic E-state index is 13.9. The van der Waals surface area contributed by atoms with E-state index in [1.807, 2.05) is 30.3 Å². The molecule has 2 aliphatic carbocycles. The number of rotatable bonds is 3. The minimum Gasteiger partial charge on any atom is -0.287 e. The van der Waals surface area contributed by atoms with Gasteiger partial charge in [0.05, 0.1) is 6.54 Å². The molecule has 4 atom stereocenters. The maximum Gasteiger partial charge on any atom is 0.262 e. The van der Waals surface area contributed by atoms with Crippen LogP contribution >= 0.6 is 0 Å². The average Bonchev–Trinajstić information content (AvgIpc) is 3.25. The number of hydrogen-bond acceptors (Lipinski definition) is 1. The topological polar surface area (TPSA) is 3.24 Å². The molecule has 3 aliphatic rings. The highest BCUT2D eigenvalue weighted by Gasteiger charge is 2.71.